The highest BCUT2D eigenvalue weighted by atomic mass is 32.2. The number of benzene rings is 1. The lowest BCUT2D eigenvalue weighted by atomic mass is 10.1. The molecule has 8 heteroatoms. The number of nitrogens with zero attached hydrogens (tertiary/aromatic N) is 2. The SMILES string of the molecule is Cc1cc(CO)ccc1N1CC(=O)N(CC[Si](C)(C)C)S1(=O)=O. The number of aryl methyl sites for hydroxylation is 1. The number of carbonyl (C=O) groups is 1. The summed E-state index contributed by atoms with van der Waals surface area (Å²) >= 11 is 0. The lowest BCUT2D eigenvalue weighted by Gasteiger charge is -2.23. The summed E-state index contributed by atoms with van der Waals surface area (Å²) in [6, 6.07) is 5.80. The van der Waals surface area contributed by atoms with Gasteiger partial charge in [-0.05, 0) is 30.2 Å². The Hall–Kier alpha value is -1.38. The fourth-order valence-electron chi connectivity index (χ4n) is 2.51. The Kier molecular flexibility index (Phi) is 4.88. The summed E-state index contributed by atoms with van der Waals surface area (Å²) in [7, 11) is -5.26. The predicted molar refractivity (Wildman–Crippen MR) is 93.2 cm³/mol. The first-order chi connectivity index (χ1) is 10.6. The summed E-state index contributed by atoms with van der Waals surface area (Å²) < 4.78 is 27.6. The summed E-state index contributed by atoms with van der Waals surface area (Å²) in [4.78, 5) is 12.2. The molecule has 1 aromatic carbocycles. The van der Waals surface area contributed by atoms with Crippen LogP contribution in [0.5, 0.6) is 0 Å². The topological polar surface area (TPSA) is 77.9 Å². The first-order valence-electron chi connectivity index (χ1n) is 7.60. The lowest BCUT2D eigenvalue weighted by molar-refractivity contribution is -0.123. The van der Waals surface area contributed by atoms with Gasteiger partial charge in [0.15, 0.2) is 0 Å². The molecule has 0 atom stereocenters. The molecule has 1 aliphatic heterocycles. The highest BCUT2D eigenvalue weighted by Crippen LogP contribution is 2.30. The van der Waals surface area contributed by atoms with E-state index in [0.717, 1.165) is 20.2 Å². The second kappa shape index (κ2) is 6.25. The van der Waals surface area contributed by atoms with Gasteiger partial charge < -0.3 is 5.11 Å². The average molecular weight is 357 g/mol. The van der Waals surface area contributed by atoms with Crippen LogP contribution < -0.4 is 4.31 Å². The molecule has 0 aromatic heterocycles. The molecule has 1 aliphatic rings. The van der Waals surface area contributed by atoms with Crippen molar-refractivity contribution in [1.29, 1.82) is 0 Å². The standard InChI is InChI=1S/C15H24N2O4SSi/c1-12-9-13(11-18)5-6-14(12)17-10-15(19)16(22(17,20)21)7-8-23(2,3)4/h5-6,9,18H,7-8,10-11H2,1-4H3. The van der Waals surface area contributed by atoms with Crippen LogP contribution >= 0.6 is 0 Å². The van der Waals surface area contributed by atoms with E-state index in [2.05, 4.69) is 19.6 Å². The van der Waals surface area contributed by atoms with Crippen LogP contribution in [0, 0.1) is 6.92 Å². The number of amides is 1. The Labute approximate surface area is 138 Å². The van der Waals surface area contributed by atoms with E-state index < -0.39 is 18.3 Å². The van der Waals surface area contributed by atoms with Crippen molar-refractivity contribution in [1.82, 2.24) is 4.31 Å². The van der Waals surface area contributed by atoms with E-state index >= 15 is 0 Å². The van der Waals surface area contributed by atoms with Crippen LogP contribution in [0.15, 0.2) is 18.2 Å². The van der Waals surface area contributed by atoms with Crippen LogP contribution in [0.4, 0.5) is 5.69 Å². The maximum atomic E-state index is 12.7. The van der Waals surface area contributed by atoms with Crippen molar-refractivity contribution in [2.24, 2.45) is 0 Å². The minimum atomic E-state index is -3.82. The fraction of sp³-hybridized carbons (Fsp3) is 0.533. The van der Waals surface area contributed by atoms with Crippen LogP contribution in [0.25, 0.3) is 0 Å². The Morgan fingerprint density at radius 2 is 1.91 bits per heavy atom. The van der Waals surface area contributed by atoms with Gasteiger partial charge in [0.25, 0.3) is 5.91 Å². The predicted octanol–water partition coefficient (Wildman–Crippen LogP) is 1.72. The number of rotatable bonds is 5. The van der Waals surface area contributed by atoms with E-state index in [1.165, 1.54) is 0 Å². The zero-order valence-electron chi connectivity index (χ0n) is 14.0. The van der Waals surface area contributed by atoms with Crippen molar-refractivity contribution in [3.05, 3.63) is 29.3 Å². The number of carbonyl (C=O) groups excluding carboxylic acids is 1. The quantitative estimate of drug-likeness (QED) is 0.815. The molecular weight excluding hydrogens is 332 g/mol. The average Bonchev–Trinajstić information content (AvgIpc) is 2.65. The van der Waals surface area contributed by atoms with E-state index in [1.54, 1.807) is 25.1 Å². The van der Waals surface area contributed by atoms with Gasteiger partial charge in [-0.3, -0.25) is 4.79 Å². The minimum Gasteiger partial charge on any atom is -0.392 e. The number of aliphatic hydroxyl groups excluding tert-OH is 1. The number of aliphatic hydroxyl groups is 1. The van der Waals surface area contributed by atoms with Gasteiger partial charge in [-0.2, -0.15) is 8.42 Å². The maximum Gasteiger partial charge on any atom is 0.329 e. The Bertz CT molecular complexity index is 713. The number of hydrogen-bond donors (Lipinski definition) is 1. The maximum absolute atomic E-state index is 12.7. The highest BCUT2D eigenvalue weighted by molar-refractivity contribution is 7.91. The smallest absolute Gasteiger partial charge is 0.329 e. The second-order valence-corrected chi connectivity index (χ2v) is 14.5. The van der Waals surface area contributed by atoms with Gasteiger partial charge in [0.1, 0.15) is 6.54 Å². The third-order valence-electron chi connectivity index (χ3n) is 3.89. The molecule has 1 saturated heterocycles. The highest BCUT2D eigenvalue weighted by Gasteiger charge is 2.43. The molecule has 0 aliphatic carbocycles. The molecule has 128 valence electrons. The minimum absolute atomic E-state index is 0.102. The van der Waals surface area contributed by atoms with E-state index in [-0.39, 0.29) is 25.6 Å². The molecule has 1 aromatic rings. The number of hydrogen-bond acceptors (Lipinski definition) is 4. The van der Waals surface area contributed by atoms with E-state index in [1.807, 2.05) is 0 Å². The summed E-state index contributed by atoms with van der Waals surface area (Å²) in [6.45, 7) is 8.21. The molecule has 23 heavy (non-hydrogen) atoms. The van der Waals surface area contributed by atoms with Crippen molar-refractivity contribution in [2.45, 2.75) is 39.2 Å². The van der Waals surface area contributed by atoms with Crippen LogP contribution in [0.3, 0.4) is 0 Å². The molecule has 1 heterocycles. The van der Waals surface area contributed by atoms with Crippen LogP contribution in [0.1, 0.15) is 11.1 Å². The molecule has 0 saturated carbocycles. The summed E-state index contributed by atoms with van der Waals surface area (Å²) in [6.07, 6.45) is 0. The monoisotopic (exact) mass is 356 g/mol. The summed E-state index contributed by atoms with van der Waals surface area (Å²) in [5.74, 6) is -0.381. The molecular formula is C15H24N2O4SSi. The first kappa shape index (κ1) is 18.0. The lowest BCUT2D eigenvalue weighted by Crippen LogP contribution is -2.37. The molecule has 0 radical (unpaired) electrons. The molecule has 0 bridgehead atoms. The van der Waals surface area contributed by atoms with Gasteiger partial charge in [-0.15, -0.1) is 0 Å². The third-order valence-corrected chi connectivity index (χ3v) is 7.44. The Morgan fingerprint density at radius 3 is 2.43 bits per heavy atom. The third kappa shape index (κ3) is 3.76. The van der Waals surface area contributed by atoms with Crippen molar-refractivity contribution in [3.63, 3.8) is 0 Å². The molecule has 6 nitrogen and oxygen atoms in total. The van der Waals surface area contributed by atoms with E-state index in [0.29, 0.717) is 11.3 Å². The molecule has 1 fully saturated rings. The van der Waals surface area contributed by atoms with Crippen LogP contribution in [0.2, 0.25) is 25.7 Å². The number of anilines is 1. The Balaban J connectivity index is 2.31. The summed E-state index contributed by atoms with van der Waals surface area (Å²) in [5, 5.41) is 9.16. The molecule has 0 spiro atoms. The zero-order chi connectivity index (χ0) is 17.4. The van der Waals surface area contributed by atoms with Crippen molar-refractivity contribution < 1.29 is 18.3 Å². The Morgan fingerprint density at radius 1 is 1.26 bits per heavy atom. The van der Waals surface area contributed by atoms with Crippen molar-refractivity contribution in [3.8, 4) is 0 Å². The van der Waals surface area contributed by atoms with Crippen LogP contribution in [-0.2, 0) is 21.6 Å². The molecule has 0 unspecified atom stereocenters. The fourth-order valence-corrected chi connectivity index (χ4v) is 5.17. The normalized spacial score (nSPS) is 17.9. The van der Waals surface area contributed by atoms with Gasteiger partial charge in [-0.25, -0.2) is 8.61 Å². The first-order valence-corrected chi connectivity index (χ1v) is 12.7. The van der Waals surface area contributed by atoms with E-state index in [4.69, 9.17) is 5.11 Å². The van der Waals surface area contributed by atoms with Crippen LogP contribution in [-0.4, -0.2) is 44.9 Å². The van der Waals surface area contributed by atoms with Gasteiger partial charge in [0.2, 0.25) is 0 Å². The summed E-state index contributed by atoms with van der Waals surface area (Å²) in [5.41, 5.74) is 1.93. The van der Waals surface area contributed by atoms with Crippen molar-refractivity contribution >= 4 is 29.9 Å². The van der Waals surface area contributed by atoms with Gasteiger partial charge >= 0.3 is 10.2 Å². The van der Waals surface area contributed by atoms with Gasteiger partial charge in [0, 0.05) is 14.6 Å². The largest absolute Gasteiger partial charge is 0.392 e. The van der Waals surface area contributed by atoms with Crippen molar-refractivity contribution in [2.75, 3.05) is 17.4 Å². The second-order valence-electron chi connectivity index (χ2n) is 7.07. The zero-order valence-corrected chi connectivity index (χ0v) is 15.9. The molecule has 1 N–H and O–H groups in total. The molecule has 1 amide bonds. The van der Waals surface area contributed by atoms with E-state index in [9.17, 15) is 13.2 Å². The van der Waals surface area contributed by atoms with Gasteiger partial charge in [-0.1, -0.05) is 31.8 Å². The molecule has 2 rings (SSSR count). The van der Waals surface area contributed by atoms with Gasteiger partial charge in [0.05, 0.1) is 12.3 Å².